The van der Waals surface area contributed by atoms with Crippen molar-refractivity contribution in [2.24, 2.45) is 0 Å². The van der Waals surface area contributed by atoms with Gasteiger partial charge in [-0.1, -0.05) is 30.4 Å². The highest BCUT2D eigenvalue weighted by Gasteiger charge is 1.91. The summed E-state index contributed by atoms with van der Waals surface area (Å²) in [5, 5.41) is 9.27. The van der Waals surface area contributed by atoms with Crippen LogP contribution in [0.4, 0.5) is 0 Å². The van der Waals surface area contributed by atoms with Gasteiger partial charge in [0.15, 0.2) is 0 Å². The second kappa shape index (κ2) is 4.34. The minimum absolute atomic E-state index is 0.236. The van der Waals surface area contributed by atoms with E-state index in [9.17, 15) is 9.90 Å². The first-order valence-corrected chi connectivity index (χ1v) is 3.73. The monoisotopic (exact) mass is 162 g/mol. The summed E-state index contributed by atoms with van der Waals surface area (Å²) in [6.07, 6.45) is 4.64. The first kappa shape index (κ1) is 8.53. The maximum absolute atomic E-state index is 9.97. The number of aromatic hydroxyl groups is 1. The fourth-order valence-electron chi connectivity index (χ4n) is 0.879. The van der Waals surface area contributed by atoms with E-state index in [1.54, 1.807) is 30.4 Å². The van der Waals surface area contributed by atoms with Crippen LogP contribution in [0.5, 0.6) is 5.75 Å². The van der Waals surface area contributed by atoms with Crippen LogP contribution in [0.1, 0.15) is 12.0 Å². The lowest BCUT2D eigenvalue weighted by atomic mass is 10.2. The Morgan fingerprint density at radius 1 is 1.33 bits per heavy atom. The van der Waals surface area contributed by atoms with Gasteiger partial charge in [-0.2, -0.15) is 0 Å². The Morgan fingerprint density at radius 3 is 2.75 bits per heavy atom. The van der Waals surface area contributed by atoms with Crippen molar-refractivity contribution in [2.75, 3.05) is 0 Å². The van der Waals surface area contributed by atoms with Crippen molar-refractivity contribution in [1.29, 1.82) is 0 Å². The zero-order valence-corrected chi connectivity index (χ0v) is 6.60. The first-order valence-electron chi connectivity index (χ1n) is 3.73. The first-order chi connectivity index (χ1) is 5.84. The van der Waals surface area contributed by atoms with Crippen LogP contribution in [0, 0.1) is 0 Å². The van der Waals surface area contributed by atoms with E-state index in [-0.39, 0.29) is 5.75 Å². The Labute approximate surface area is 71.2 Å². The molecule has 0 aliphatic heterocycles. The van der Waals surface area contributed by atoms with Crippen LogP contribution in [0.3, 0.4) is 0 Å². The number of aldehydes is 1. The Balaban J connectivity index is 2.74. The van der Waals surface area contributed by atoms with E-state index in [2.05, 4.69) is 0 Å². The van der Waals surface area contributed by atoms with Crippen molar-refractivity contribution in [2.45, 2.75) is 6.42 Å². The Hall–Kier alpha value is -1.57. The van der Waals surface area contributed by atoms with E-state index < -0.39 is 0 Å². The summed E-state index contributed by atoms with van der Waals surface area (Å²) < 4.78 is 0. The summed E-state index contributed by atoms with van der Waals surface area (Å²) in [6.45, 7) is 0. The van der Waals surface area contributed by atoms with Crippen molar-refractivity contribution < 1.29 is 9.90 Å². The zero-order chi connectivity index (χ0) is 8.81. The van der Waals surface area contributed by atoms with Crippen LogP contribution >= 0.6 is 0 Å². The SMILES string of the molecule is O=CC/C=C\c1ccccc1O. The molecule has 0 unspecified atom stereocenters. The molecule has 0 saturated heterocycles. The number of hydrogen-bond acceptors (Lipinski definition) is 2. The molecule has 1 aromatic carbocycles. The quantitative estimate of drug-likeness (QED) is 0.690. The molecule has 0 bridgehead atoms. The second-order valence-electron chi connectivity index (χ2n) is 2.36. The lowest BCUT2D eigenvalue weighted by Crippen LogP contribution is -1.73. The Morgan fingerprint density at radius 2 is 2.08 bits per heavy atom. The third-order valence-electron chi connectivity index (χ3n) is 1.47. The fourth-order valence-corrected chi connectivity index (χ4v) is 0.879. The maximum Gasteiger partial charge on any atom is 0.123 e. The standard InChI is InChI=1S/C10H10O2/c11-8-4-3-6-9-5-1-2-7-10(9)12/h1-3,5-8,12H,4H2/b6-3-. The molecule has 62 valence electrons. The molecule has 1 rings (SSSR count). The van der Waals surface area contributed by atoms with Crippen LogP contribution in [-0.4, -0.2) is 11.4 Å². The van der Waals surface area contributed by atoms with Crippen LogP contribution < -0.4 is 0 Å². The minimum Gasteiger partial charge on any atom is -0.507 e. The van der Waals surface area contributed by atoms with E-state index in [0.29, 0.717) is 6.42 Å². The highest BCUT2D eigenvalue weighted by atomic mass is 16.3. The van der Waals surface area contributed by atoms with Gasteiger partial charge in [0.25, 0.3) is 0 Å². The van der Waals surface area contributed by atoms with E-state index in [1.807, 2.05) is 6.07 Å². The Bertz CT molecular complexity index is 290. The molecule has 0 aliphatic carbocycles. The summed E-state index contributed by atoms with van der Waals surface area (Å²) in [6, 6.07) is 6.99. The number of phenolic OH excluding ortho intramolecular Hbond substituents is 1. The molecule has 0 saturated carbocycles. The smallest absolute Gasteiger partial charge is 0.123 e. The molecule has 0 amide bonds. The lowest BCUT2D eigenvalue weighted by molar-refractivity contribution is -0.107. The summed E-state index contributed by atoms with van der Waals surface area (Å²) in [4.78, 5) is 9.97. The van der Waals surface area contributed by atoms with Crippen LogP contribution in [0.15, 0.2) is 30.3 Å². The third-order valence-corrected chi connectivity index (χ3v) is 1.47. The molecule has 0 fully saturated rings. The topological polar surface area (TPSA) is 37.3 Å². The van der Waals surface area contributed by atoms with Crippen molar-refractivity contribution in [3.63, 3.8) is 0 Å². The molecule has 0 radical (unpaired) electrons. The van der Waals surface area contributed by atoms with Gasteiger partial charge >= 0.3 is 0 Å². The van der Waals surface area contributed by atoms with Gasteiger partial charge in [0.2, 0.25) is 0 Å². The predicted octanol–water partition coefficient (Wildman–Crippen LogP) is 1.99. The zero-order valence-electron chi connectivity index (χ0n) is 6.60. The normalized spacial score (nSPS) is 10.3. The van der Waals surface area contributed by atoms with E-state index >= 15 is 0 Å². The fraction of sp³-hybridized carbons (Fsp3) is 0.100. The summed E-state index contributed by atoms with van der Waals surface area (Å²) >= 11 is 0. The predicted molar refractivity (Wildman–Crippen MR) is 47.8 cm³/mol. The molecule has 0 atom stereocenters. The van der Waals surface area contributed by atoms with Crippen molar-refractivity contribution in [3.05, 3.63) is 35.9 Å². The molecule has 1 aromatic rings. The van der Waals surface area contributed by atoms with Gasteiger partial charge in [-0.05, 0) is 6.07 Å². The number of carbonyl (C=O) groups is 1. The highest BCUT2D eigenvalue weighted by molar-refractivity contribution is 5.61. The molecule has 0 aliphatic rings. The van der Waals surface area contributed by atoms with Gasteiger partial charge < -0.3 is 9.90 Å². The molecule has 0 aromatic heterocycles. The van der Waals surface area contributed by atoms with Gasteiger partial charge in [-0.25, -0.2) is 0 Å². The molecule has 12 heavy (non-hydrogen) atoms. The second-order valence-corrected chi connectivity index (χ2v) is 2.36. The van der Waals surface area contributed by atoms with Crippen LogP contribution in [0.25, 0.3) is 6.08 Å². The number of rotatable bonds is 3. The number of para-hydroxylation sites is 1. The van der Waals surface area contributed by atoms with Gasteiger partial charge in [0.05, 0.1) is 0 Å². The molecular weight excluding hydrogens is 152 g/mol. The number of carbonyl (C=O) groups excluding carboxylic acids is 1. The van der Waals surface area contributed by atoms with Gasteiger partial charge in [-0.3, -0.25) is 0 Å². The summed E-state index contributed by atoms with van der Waals surface area (Å²) in [7, 11) is 0. The summed E-state index contributed by atoms with van der Waals surface area (Å²) in [5.74, 6) is 0.236. The van der Waals surface area contributed by atoms with E-state index in [1.165, 1.54) is 0 Å². The molecule has 2 nitrogen and oxygen atoms in total. The van der Waals surface area contributed by atoms with Gasteiger partial charge in [0.1, 0.15) is 12.0 Å². The van der Waals surface area contributed by atoms with Gasteiger partial charge in [0, 0.05) is 12.0 Å². The lowest BCUT2D eigenvalue weighted by Gasteiger charge is -1.95. The highest BCUT2D eigenvalue weighted by Crippen LogP contribution is 2.16. The van der Waals surface area contributed by atoms with Gasteiger partial charge in [-0.15, -0.1) is 0 Å². The summed E-state index contributed by atoms with van der Waals surface area (Å²) in [5.41, 5.74) is 0.736. The van der Waals surface area contributed by atoms with Crippen molar-refractivity contribution >= 4 is 12.4 Å². The van der Waals surface area contributed by atoms with E-state index in [0.717, 1.165) is 11.8 Å². The largest absolute Gasteiger partial charge is 0.507 e. The number of phenols is 1. The molecule has 2 heteroatoms. The average molecular weight is 162 g/mol. The molecular formula is C10H10O2. The van der Waals surface area contributed by atoms with Crippen molar-refractivity contribution in [3.8, 4) is 5.75 Å². The van der Waals surface area contributed by atoms with E-state index in [4.69, 9.17) is 0 Å². The number of hydrogen-bond donors (Lipinski definition) is 1. The van der Waals surface area contributed by atoms with Crippen LogP contribution in [0.2, 0.25) is 0 Å². The third kappa shape index (κ3) is 2.23. The average Bonchev–Trinajstić information content (AvgIpc) is 2.09. The van der Waals surface area contributed by atoms with Crippen molar-refractivity contribution in [1.82, 2.24) is 0 Å². The minimum atomic E-state index is 0.236. The number of benzene rings is 1. The number of allylic oxidation sites excluding steroid dienone is 1. The van der Waals surface area contributed by atoms with Crippen LogP contribution in [-0.2, 0) is 4.79 Å². The maximum atomic E-state index is 9.97. The molecule has 1 N–H and O–H groups in total. The molecule has 0 heterocycles. The Kier molecular flexibility index (Phi) is 3.08. The molecule has 0 spiro atoms.